The summed E-state index contributed by atoms with van der Waals surface area (Å²) in [4.78, 5) is 0.939. The van der Waals surface area contributed by atoms with Crippen LogP contribution in [0.25, 0.3) is 0 Å². The van der Waals surface area contributed by atoms with Crippen LogP contribution in [0, 0.1) is 5.92 Å². The maximum Gasteiger partial charge on any atom is 0.138 e. The van der Waals surface area contributed by atoms with Crippen molar-refractivity contribution in [3.05, 3.63) is 23.2 Å². The fourth-order valence-electron chi connectivity index (χ4n) is 2.00. The topological polar surface area (TPSA) is 30.5 Å². The van der Waals surface area contributed by atoms with Gasteiger partial charge in [-0.3, -0.25) is 0 Å². The number of halogens is 1. The monoisotopic (exact) mass is 341 g/mol. The first-order valence-electron chi connectivity index (χ1n) is 7.94. The summed E-state index contributed by atoms with van der Waals surface area (Å²) < 4.78 is 11.4. The summed E-state index contributed by atoms with van der Waals surface area (Å²) >= 11 is 11.5. The molecule has 0 bridgehead atoms. The number of nitrogens with one attached hydrogen (secondary N) is 1. The maximum absolute atomic E-state index is 6.22. The molecule has 1 fully saturated rings. The van der Waals surface area contributed by atoms with Gasteiger partial charge in [-0.2, -0.15) is 0 Å². The number of hydrogen-bond donors (Lipinski definition) is 1. The van der Waals surface area contributed by atoms with E-state index in [4.69, 9.17) is 33.3 Å². The van der Waals surface area contributed by atoms with E-state index in [1.54, 1.807) is 6.07 Å². The Labute approximate surface area is 143 Å². The van der Waals surface area contributed by atoms with Crippen molar-refractivity contribution < 1.29 is 9.47 Å². The third-order valence-corrected chi connectivity index (χ3v) is 4.27. The van der Waals surface area contributed by atoms with E-state index in [1.165, 1.54) is 12.8 Å². The van der Waals surface area contributed by atoms with Crippen LogP contribution in [0.5, 0.6) is 11.5 Å². The highest BCUT2D eigenvalue weighted by Crippen LogP contribution is 2.32. The minimum atomic E-state index is 0.180. The van der Waals surface area contributed by atoms with E-state index < -0.39 is 0 Å². The SMILES string of the molecule is CCC(C)Oc1ccc(OCCNC(=S)CC2CC2)c(Cl)c1. The number of rotatable bonds is 9. The highest BCUT2D eigenvalue weighted by Gasteiger charge is 2.22. The molecule has 1 aliphatic rings. The third kappa shape index (κ3) is 6.01. The van der Waals surface area contributed by atoms with Gasteiger partial charge >= 0.3 is 0 Å². The molecule has 2 rings (SSSR count). The van der Waals surface area contributed by atoms with Gasteiger partial charge in [-0.25, -0.2) is 0 Å². The lowest BCUT2D eigenvalue weighted by molar-refractivity contribution is 0.217. The van der Waals surface area contributed by atoms with Gasteiger partial charge in [0.1, 0.15) is 18.1 Å². The molecular formula is C17H24ClNO2S. The Morgan fingerprint density at radius 2 is 2.23 bits per heavy atom. The van der Waals surface area contributed by atoms with Gasteiger partial charge in [0.2, 0.25) is 0 Å². The molecule has 1 aromatic rings. The van der Waals surface area contributed by atoms with E-state index in [0.717, 1.165) is 29.5 Å². The predicted octanol–water partition coefficient (Wildman–Crippen LogP) is 4.61. The van der Waals surface area contributed by atoms with E-state index in [9.17, 15) is 0 Å². The van der Waals surface area contributed by atoms with Gasteiger partial charge in [0.15, 0.2) is 0 Å². The molecule has 1 unspecified atom stereocenters. The highest BCUT2D eigenvalue weighted by atomic mass is 35.5. The molecule has 0 heterocycles. The third-order valence-electron chi connectivity index (χ3n) is 3.67. The van der Waals surface area contributed by atoms with Crippen LogP contribution in [0.15, 0.2) is 18.2 Å². The quantitative estimate of drug-likeness (QED) is 0.524. The van der Waals surface area contributed by atoms with Crippen LogP contribution >= 0.6 is 23.8 Å². The van der Waals surface area contributed by atoms with Crippen molar-refractivity contribution in [2.45, 2.75) is 45.6 Å². The number of ether oxygens (including phenoxy) is 2. The number of benzene rings is 1. The van der Waals surface area contributed by atoms with Crippen molar-refractivity contribution >= 4 is 28.8 Å². The summed E-state index contributed by atoms with van der Waals surface area (Å²) in [7, 11) is 0. The minimum Gasteiger partial charge on any atom is -0.491 e. The van der Waals surface area contributed by atoms with Crippen LogP contribution in [-0.2, 0) is 0 Å². The molecule has 0 spiro atoms. The molecule has 1 N–H and O–H groups in total. The molecular weight excluding hydrogens is 318 g/mol. The largest absolute Gasteiger partial charge is 0.491 e. The molecule has 3 nitrogen and oxygen atoms in total. The van der Waals surface area contributed by atoms with Gasteiger partial charge in [0.25, 0.3) is 0 Å². The number of thiocarbonyl (C=S) groups is 1. The first-order chi connectivity index (χ1) is 10.6. The molecule has 1 saturated carbocycles. The Bertz CT molecular complexity index is 505. The van der Waals surface area contributed by atoms with Crippen LogP contribution < -0.4 is 14.8 Å². The zero-order chi connectivity index (χ0) is 15.9. The van der Waals surface area contributed by atoms with Gasteiger partial charge in [0.05, 0.1) is 16.1 Å². The summed E-state index contributed by atoms with van der Waals surface area (Å²) in [5.74, 6) is 2.26. The second-order valence-corrected chi connectivity index (χ2v) is 6.67. The zero-order valence-corrected chi connectivity index (χ0v) is 14.8. The minimum absolute atomic E-state index is 0.180. The van der Waals surface area contributed by atoms with E-state index in [0.29, 0.717) is 23.9 Å². The molecule has 122 valence electrons. The highest BCUT2D eigenvalue weighted by molar-refractivity contribution is 7.80. The fourth-order valence-corrected chi connectivity index (χ4v) is 2.56. The lowest BCUT2D eigenvalue weighted by atomic mass is 10.3. The Kier molecular flexibility index (Phi) is 6.77. The van der Waals surface area contributed by atoms with Crippen LogP contribution in [0.1, 0.15) is 39.5 Å². The standard InChI is InChI=1S/C17H24ClNO2S/c1-3-12(2)21-14-6-7-16(15(18)11-14)20-9-8-19-17(22)10-13-4-5-13/h6-7,11-13H,3-5,8-10H2,1-2H3,(H,19,22). The Morgan fingerprint density at radius 3 is 2.86 bits per heavy atom. The molecule has 1 atom stereocenters. The van der Waals surface area contributed by atoms with Crippen molar-refractivity contribution in [1.29, 1.82) is 0 Å². The molecule has 0 aromatic heterocycles. The summed E-state index contributed by atoms with van der Waals surface area (Å²) in [6, 6.07) is 5.54. The molecule has 5 heteroatoms. The molecule has 0 amide bonds. The summed E-state index contributed by atoms with van der Waals surface area (Å²) in [6.07, 6.45) is 4.79. The summed E-state index contributed by atoms with van der Waals surface area (Å²) in [5, 5.41) is 3.80. The van der Waals surface area contributed by atoms with Gasteiger partial charge in [-0.05, 0) is 44.2 Å². The second kappa shape index (κ2) is 8.59. The van der Waals surface area contributed by atoms with Crippen molar-refractivity contribution in [2.75, 3.05) is 13.2 Å². The van der Waals surface area contributed by atoms with Crippen LogP contribution in [-0.4, -0.2) is 24.2 Å². The Morgan fingerprint density at radius 1 is 1.45 bits per heavy atom. The Hall–Kier alpha value is -1.00. The second-order valence-electron chi connectivity index (χ2n) is 5.77. The van der Waals surface area contributed by atoms with Crippen LogP contribution in [0.2, 0.25) is 5.02 Å². The lowest BCUT2D eigenvalue weighted by Gasteiger charge is -2.14. The predicted molar refractivity (Wildman–Crippen MR) is 95.3 cm³/mol. The first-order valence-corrected chi connectivity index (χ1v) is 8.72. The van der Waals surface area contributed by atoms with Gasteiger partial charge < -0.3 is 14.8 Å². The van der Waals surface area contributed by atoms with Crippen molar-refractivity contribution in [1.82, 2.24) is 5.32 Å². The number of hydrogen-bond acceptors (Lipinski definition) is 3. The zero-order valence-electron chi connectivity index (χ0n) is 13.2. The van der Waals surface area contributed by atoms with E-state index in [2.05, 4.69) is 12.2 Å². The maximum atomic E-state index is 6.22. The average Bonchev–Trinajstić information content (AvgIpc) is 3.29. The molecule has 22 heavy (non-hydrogen) atoms. The summed E-state index contributed by atoms with van der Waals surface area (Å²) in [6.45, 7) is 5.36. The van der Waals surface area contributed by atoms with Gasteiger partial charge in [-0.15, -0.1) is 0 Å². The summed E-state index contributed by atoms with van der Waals surface area (Å²) in [5.41, 5.74) is 0. The first kappa shape index (κ1) is 17.4. The molecule has 0 radical (unpaired) electrons. The molecule has 0 aliphatic heterocycles. The molecule has 0 saturated heterocycles. The fraction of sp³-hybridized carbons (Fsp3) is 0.588. The lowest BCUT2D eigenvalue weighted by Crippen LogP contribution is -2.26. The average molecular weight is 342 g/mol. The van der Waals surface area contributed by atoms with Crippen LogP contribution in [0.3, 0.4) is 0 Å². The van der Waals surface area contributed by atoms with Crippen molar-refractivity contribution in [2.24, 2.45) is 5.92 Å². The smallest absolute Gasteiger partial charge is 0.138 e. The molecule has 1 aromatic carbocycles. The molecule has 1 aliphatic carbocycles. The van der Waals surface area contributed by atoms with Gasteiger partial charge in [-0.1, -0.05) is 30.7 Å². The van der Waals surface area contributed by atoms with E-state index in [1.807, 2.05) is 19.1 Å². The Balaban J connectivity index is 1.71. The van der Waals surface area contributed by atoms with E-state index in [-0.39, 0.29) is 6.10 Å². The normalized spacial score (nSPS) is 15.2. The van der Waals surface area contributed by atoms with Gasteiger partial charge in [0, 0.05) is 19.0 Å². The van der Waals surface area contributed by atoms with Crippen molar-refractivity contribution in [3.8, 4) is 11.5 Å². The van der Waals surface area contributed by atoms with Crippen LogP contribution in [0.4, 0.5) is 0 Å². The van der Waals surface area contributed by atoms with E-state index >= 15 is 0 Å². The van der Waals surface area contributed by atoms with Crippen molar-refractivity contribution in [3.63, 3.8) is 0 Å².